The minimum Gasteiger partial charge on any atom is -0.497 e. The molecule has 7 heteroatoms. The molecule has 0 saturated carbocycles. The molecule has 2 aromatic carbocycles. The molecule has 2 heterocycles. The van der Waals surface area contributed by atoms with Crippen molar-refractivity contribution < 1.29 is 28.5 Å². The Bertz CT molecular complexity index is 1000. The van der Waals surface area contributed by atoms with Gasteiger partial charge in [0.15, 0.2) is 11.5 Å². The van der Waals surface area contributed by atoms with E-state index in [4.69, 9.17) is 18.9 Å². The highest BCUT2D eigenvalue weighted by Crippen LogP contribution is 2.48. The average molecular weight is 468 g/mol. The van der Waals surface area contributed by atoms with Crippen LogP contribution in [-0.4, -0.2) is 50.3 Å². The van der Waals surface area contributed by atoms with Crippen molar-refractivity contribution in [2.45, 2.75) is 45.1 Å². The summed E-state index contributed by atoms with van der Waals surface area (Å²) in [7, 11) is 1.63. The molecule has 3 atom stereocenters. The van der Waals surface area contributed by atoms with Crippen molar-refractivity contribution in [2.24, 2.45) is 5.92 Å². The van der Waals surface area contributed by atoms with Gasteiger partial charge in [-0.25, -0.2) is 0 Å². The average Bonchev–Trinajstić information content (AvgIpc) is 3.47. The molecule has 2 aromatic rings. The minimum absolute atomic E-state index is 0.153. The molecule has 3 unspecified atom stereocenters. The number of nitrogens with zero attached hydrogens (tertiary/aromatic N) is 1. The van der Waals surface area contributed by atoms with Gasteiger partial charge in [0.1, 0.15) is 11.5 Å². The first-order chi connectivity index (χ1) is 16.5. The summed E-state index contributed by atoms with van der Waals surface area (Å²) in [6.07, 6.45) is 2.38. The number of esters is 1. The van der Waals surface area contributed by atoms with Gasteiger partial charge in [0.05, 0.1) is 26.2 Å². The Morgan fingerprint density at radius 2 is 1.76 bits per heavy atom. The van der Waals surface area contributed by atoms with E-state index in [0.717, 1.165) is 29.7 Å². The molecule has 0 bridgehead atoms. The lowest BCUT2D eigenvalue weighted by Gasteiger charge is -2.28. The van der Waals surface area contributed by atoms with Crippen LogP contribution < -0.4 is 14.2 Å². The van der Waals surface area contributed by atoms with Crippen LogP contribution in [0.2, 0.25) is 0 Å². The molecule has 7 nitrogen and oxygen atoms in total. The van der Waals surface area contributed by atoms with Crippen molar-refractivity contribution in [1.82, 2.24) is 4.90 Å². The first kappa shape index (κ1) is 24.1. The highest BCUT2D eigenvalue weighted by atomic mass is 16.7. The Labute approximate surface area is 200 Å². The van der Waals surface area contributed by atoms with Crippen LogP contribution in [0, 0.1) is 5.92 Å². The highest BCUT2D eigenvalue weighted by molar-refractivity contribution is 5.81. The first-order valence-electron chi connectivity index (χ1n) is 12.0. The zero-order valence-corrected chi connectivity index (χ0v) is 20.1. The van der Waals surface area contributed by atoms with E-state index in [2.05, 4.69) is 11.8 Å². The van der Waals surface area contributed by atoms with E-state index in [0.29, 0.717) is 37.6 Å². The monoisotopic (exact) mass is 467 g/mol. The van der Waals surface area contributed by atoms with Crippen LogP contribution in [0.5, 0.6) is 17.2 Å². The second-order valence-electron chi connectivity index (χ2n) is 8.79. The van der Waals surface area contributed by atoms with Gasteiger partial charge >= 0.3 is 5.97 Å². The predicted molar refractivity (Wildman–Crippen MR) is 127 cm³/mol. The van der Waals surface area contributed by atoms with Crippen LogP contribution in [0.4, 0.5) is 0 Å². The minimum atomic E-state index is -0.465. The Kier molecular flexibility index (Phi) is 7.73. The van der Waals surface area contributed by atoms with Crippen LogP contribution >= 0.6 is 0 Å². The zero-order valence-electron chi connectivity index (χ0n) is 20.1. The fraction of sp³-hybridized carbons (Fsp3) is 0.481. The molecule has 1 fully saturated rings. The number of hydrogen-bond donors (Lipinski definition) is 0. The summed E-state index contributed by atoms with van der Waals surface area (Å²) in [6, 6.07) is 13.3. The van der Waals surface area contributed by atoms with E-state index in [1.54, 1.807) is 7.11 Å². The van der Waals surface area contributed by atoms with Crippen molar-refractivity contribution in [1.29, 1.82) is 0 Å². The number of carbonyl (C=O) groups excluding carboxylic acids is 2. The van der Waals surface area contributed by atoms with Crippen molar-refractivity contribution in [3.8, 4) is 17.2 Å². The summed E-state index contributed by atoms with van der Waals surface area (Å²) in [5.74, 6) is 1.44. The van der Waals surface area contributed by atoms with Gasteiger partial charge < -0.3 is 18.9 Å². The number of carbonyl (C=O) groups is 2. The number of ketones is 1. The number of likely N-dealkylation sites (tertiary alicyclic amines) is 1. The molecule has 0 aromatic heterocycles. The highest BCUT2D eigenvalue weighted by Gasteiger charge is 2.48. The lowest BCUT2D eigenvalue weighted by molar-refractivity contribution is -0.149. The second kappa shape index (κ2) is 10.9. The van der Waals surface area contributed by atoms with E-state index in [1.807, 2.05) is 49.4 Å². The van der Waals surface area contributed by atoms with E-state index in [1.165, 1.54) is 0 Å². The van der Waals surface area contributed by atoms with Gasteiger partial charge in [-0.3, -0.25) is 14.5 Å². The summed E-state index contributed by atoms with van der Waals surface area (Å²) in [5.41, 5.74) is 1.94. The molecule has 2 aliphatic rings. The maximum Gasteiger partial charge on any atom is 0.311 e. The summed E-state index contributed by atoms with van der Waals surface area (Å²) in [6.45, 7) is 5.25. The van der Waals surface area contributed by atoms with Crippen molar-refractivity contribution in [2.75, 3.05) is 33.6 Å². The Hall–Kier alpha value is -3.06. The molecule has 34 heavy (non-hydrogen) atoms. The van der Waals surface area contributed by atoms with Crippen LogP contribution in [-0.2, 0) is 14.3 Å². The molecule has 2 aliphatic heterocycles. The fourth-order valence-electron chi connectivity index (χ4n) is 4.98. The number of benzene rings is 2. The molecule has 0 aliphatic carbocycles. The summed E-state index contributed by atoms with van der Waals surface area (Å²) >= 11 is 0. The van der Waals surface area contributed by atoms with Crippen molar-refractivity contribution in [3.05, 3.63) is 53.6 Å². The van der Waals surface area contributed by atoms with Gasteiger partial charge in [-0.15, -0.1) is 0 Å². The Balaban J connectivity index is 1.72. The van der Waals surface area contributed by atoms with Gasteiger partial charge in [0.25, 0.3) is 0 Å². The quantitative estimate of drug-likeness (QED) is 0.476. The van der Waals surface area contributed by atoms with E-state index in [9.17, 15) is 9.59 Å². The number of ether oxygens (including phenoxy) is 4. The van der Waals surface area contributed by atoms with Crippen LogP contribution in [0.15, 0.2) is 42.5 Å². The SMILES string of the molecule is CCCCC(=O)CN1CC(c2ccc3c(c2)OCO3)C(C(=O)OCC)C1c1ccc(OC)cc1. The third-order valence-electron chi connectivity index (χ3n) is 6.63. The van der Waals surface area contributed by atoms with Crippen LogP contribution in [0.25, 0.3) is 0 Å². The van der Waals surface area contributed by atoms with Gasteiger partial charge in [-0.1, -0.05) is 31.5 Å². The lowest BCUT2D eigenvalue weighted by Crippen LogP contribution is -2.33. The normalized spacial score (nSPS) is 21.4. The topological polar surface area (TPSA) is 74.3 Å². The number of fused-ring (bicyclic) bond motifs is 1. The van der Waals surface area contributed by atoms with E-state index >= 15 is 0 Å². The van der Waals surface area contributed by atoms with Gasteiger partial charge in [-0.2, -0.15) is 0 Å². The molecule has 4 rings (SSSR count). The molecular formula is C27H33NO6. The number of methoxy groups -OCH3 is 1. The largest absolute Gasteiger partial charge is 0.497 e. The molecule has 1 saturated heterocycles. The smallest absolute Gasteiger partial charge is 0.311 e. The Morgan fingerprint density at radius 3 is 2.47 bits per heavy atom. The predicted octanol–water partition coefficient (Wildman–Crippen LogP) is 4.50. The zero-order chi connectivity index (χ0) is 24.1. The van der Waals surface area contributed by atoms with Gasteiger partial charge in [-0.05, 0) is 48.7 Å². The molecule has 0 N–H and O–H groups in total. The summed E-state index contributed by atoms with van der Waals surface area (Å²) < 4.78 is 21.9. The van der Waals surface area contributed by atoms with Gasteiger partial charge in [0, 0.05) is 24.9 Å². The molecule has 0 amide bonds. The number of hydrogen-bond acceptors (Lipinski definition) is 7. The number of unbranched alkanes of at least 4 members (excludes halogenated alkanes) is 1. The maximum absolute atomic E-state index is 13.4. The van der Waals surface area contributed by atoms with E-state index < -0.39 is 5.92 Å². The number of Topliss-reactive ketones (excluding diaryl/α,β-unsaturated/α-hetero) is 1. The van der Waals surface area contributed by atoms with Crippen molar-refractivity contribution >= 4 is 11.8 Å². The third-order valence-corrected chi connectivity index (χ3v) is 6.63. The molecular weight excluding hydrogens is 434 g/mol. The summed E-state index contributed by atoms with van der Waals surface area (Å²) in [4.78, 5) is 28.3. The van der Waals surface area contributed by atoms with Crippen LogP contribution in [0.3, 0.4) is 0 Å². The third kappa shape index (κ3) is 5.04. The fourth-order valence-corrected chi connectivity index (χ4v) is 4.98. The molecule has 0 spiro atoms. The summed E-state index contributed by atoms with van der Waals surface area (Å²) in [5, 5.41) is 0. The van der Waals surface area contributed by atoms with Crippen molar-refractivity contribution in [3.63, 3.8) is 0 Å². The molecule has 0 radical (unpaired) electrons. The lowest BCUT2D eigenvalue weighted by atomic mass is 9.82. The van der Waals surface area contributed by atoms with Gasteiger partial charge in [0.2, 0.25) is 6.79 Å². The number of rotatable bonds is 10. The maximum atomic E-state index is 13.4. The Morgan fingerprint density at radius 1 is 1.03 bits per heavy atom. The first-order valence-corrected chi connectivity index (χ1v) is 12.0. The molecule has 182 valence electrons. The second-order valence-corrected chi connectivity index (χ2v) is 8.79. The standard InChI is InChI=1S/C27H33NO6/c1-4-6-7-20(29)15-28-16-22(19-10-13-23-24(14-19)34-17-33-23)25(27(30)32-5-2)26(28)18-8-11-21(31-3)12-9-18/h8-14,22,25-26H,4-7,15-17H2,1-3H3. The van der Waals surface area contributed by atoms with Crippen LogP contribution in [0.1, 0.15) is 56.2 Å². The van der Waals surface area contributed by atoms with E-state index in [-0.39, 0.29) is 30.5 Å².